The number of nitro groups is 2. The van der Waals surface area contributed by atoms with Crippen LogP contribution in [0.3, 0.4) is 0 Å². The topological polar surface area (TPSA) is 134 Å². The molecule has 2 rings (SSSR count). The fourth-order valence-corrected chi connectivity index (χ4v) is 2.99. The largest absolute Gasteiger partial charge is 0.466 e. The fourth-order valence-electron chi connectivity index (χ4n) is 2.99. The van der Waals surface area contributed by atoms with Crippen LogP contribution in [0.25, 0.3) is 0 Å². The SMILES string of the molecule is COCCC1=C([N+](=O)[O-])C(c2ccc([N+](=O)[O-])cc2)C(C(=O)OC)=C(C)N1. The van der Waals surface area contributed by atoms with Gasteiger partial charge in [-0.1, -0.05) is 12.1 Å². The Balaban J connectivity index is 2.65. The van der Waals surface area contributed by atoms with Gasteiger partial charge in [-0.2, -0.15) is 0 Å². The highest BCUT2D eigenvalue weighted by atomic mass is 16.6. The summed E-state index contributed by atoms with van der Waals surface area (Å²) >= 11 is 0. The van der Waals surface area contributed by atoms with Crippen LogP contribution >= 0.6 is 0 Å². The average molecular weight is 377 g/mol. The van der Waals surface area contributed by atoms with E-state index >= 15 is 0 Å². The zero-order valence-corrected chi connectivity index (χ0v) is 15.1. The van der Waals surface area contributed by atoms with Gasteiger partial charge in [-0.25, -0.2) is 4.79 Å². The minimum atomic E-state index is -1.03. The molecule has 0 saturated heterocycles. The van der Waals surface area contributed by atoms with Crippen LogP contribution in [0.2, 0.25) is 0 Å². The highest BCUT2D eigenvalue weighted by molar-refractivity contribution is 5.92. The summed E-state index contributed by atoms with van der Waals surface area (Å²) in [6, 6.07) is 5.30. The third-order valence-corrected chi connectivity index (χ3v) is 4.21. The van der Waals surface area contributed by atoms with Gasteiger partial charge >= 0.3 is 5.97 Å². The summed E-state index contributed by atoms with van der Waals surface area (Å²) in [5.74, 6) is -1.74. The highest BCUT2D eigenvalue weighted by Crippen LogP contribution is 2.39. The molecule has 0 aromatic heterocycles. The van der Waals surface area contributed by atoms with Crippen LogP contribution in [0.15, 0.2) is 46.9 Å². The monoisotopic (exact) mass is 377 g/mol. The molecule has 0 aliphatic carbocycles. The van der Waals surface area contributed by atoms with Crippen molar-refractivity contribution in [3.05, 3.63) is 72.7 Å². The molecule has 10 heteroatoms. The molecule has 1 aromatic rings. The van der Waals surface area contributed by atoms with Gasteiger partial charge in [-0.05, 0) is 12.5 Å². The first kappa shape index (κ1) is 20.0. The Morgan fingerprint density at radius 3 is 2.26 bits per heavy atom. The number of hydrogen-bond acceptors (Lipinski definition) is 8. The maximum atomic E-state index is 12.3. The van der Waals surface area contributed by atoms with Gasteiger partial charge in [0.05, 0.1) is 34.8 Å². The minimum absolute atomic E-state index is 0.0826. The highest BCUT2D eigenvalue weighted by Gasteiger charge is 2.41. The number of nitrogens with one attached hydrogen (secondary N) is 1. The number of carbonyl (C=O) groups is 1. The number of hydrogen-bond donors (Lipinski definition) is 1. The standard InChI is InChI=1S/C17H19N3O7/c1-10-14(17(21)27-3)15(11-4-6-12(7-5-11)19(22)23)16(20(24)25)13(18-10)8-9-26-2/h4-7,15,18H,8-9H2,1-3H3. The lowest BCUT2D eigenvalue weighted by molar-refractivity contribution is -0.431. The zero-order valence-electron chi connectivity index (χ0n) is 15.1. The molecule has 0 spiro atoms. The van der Waals surface area contributed by atoms with E-state index < -0.39 is 21.7 Å². The van der Waals surface area contributed by atoms with Crippen molar-refractivity contribution < 1.29 is 24.1 Å². The lowest BCUT2D eigenvalue weighted by Gasteiger charge is -2.27. The Labute approximate surface area is 154 Å². The van der Waals surface area contributed by atoms with E-state index in [1.165, 1.54) is 38.5 Å². The Kier molecular flexibility index (Phi) is 6.24. The third kappa shape index (κ3) is 4.11. The van der Waals surface area contributed by atoms with Gasteiger partial charge in [-0.15, -0.1) is 0 Å². The van der Waals surface area contributed by atoms with E-state index in [9.17, 15) is 25.0 Å². The molecule has 1 heterocycles. The van der Waals surface area contributed by atoms with Crippen LogP contribution in [0.4, 0.5) is 5.69 Å². The van der Waals surface area contributed by atoms with Crippen LogP contribution in [0.5, 0.6) is 0 Å². The second kappa shape index (κ2) is 8.41. The number of dihydropyridines is 1. The lowest BCUT2D eigenvalue weighted by atomic mass is 9.83. The van der Waals surface area contributed by atoms with E-state index in [0.717, 1.165) is 0 Å². The first-order valence-corrected chi connectivity index (χ1v) is 7.98. The molecule has 0 bridgehead atoms. The molecule has 0 fully saturated rings. The number of allylic oxidation sites excluding steroid dienone is 2. The van der Waals surface area contributed by atoms with Crippen molar-refractivity contribution in [3.8, 4) is 0 Å². The van der Waals surface area contributed by atoms with Gasteiger partial charge in [0.25, 0.3) is 11.4 Å². The summed E-state index contributed by atoms with van der Waals surface area (Å²) in [4.78, 5) is 33.9. The number of methoxy groups -OCH3 is 2. The van der Waals surface area contributed by atoms with Crippen LogP contribution in [0, 0.1) is 20.2 Å². The molecule has 27 heavy (non-hydrogen) atoms. The average Bonchev–Trinajstić information content (AvgIpc) is 2.64. The Morgan fingerprint density at radius 2 is 1.78 bits per heavy atom. The summed E-state index contributed by atoms with van der Waals surface area (Å²) in [6.07, 6.45) is 0.238. The maximum absolute atomic E-state index is 12.3. The molecule has 144 valence electrons. The van der Waals surface area contributed by atoms with Crippen molar-refractivity contribution in [2.24, 2.45) is 0 Å². The van der Waals surface area contributed by atoms with Crippen molar-refractivity contribution in [1.29, 1.82) is 0 Å². The van der Waals surface area contributed by atoms with E-state index in [2.05, 4.69) is 5.32 Å². The zero-order chi connectivity index (χ0) is 20.1. The molecule has 0 amide bonds. The number of benzene rings is 1. The molecule has 1 unspecified atom stereocenters. The third-order valence-electron chi connectivity index (χ3n) is 4.21. The second-order valence-corrected chi connectivity index (χ2v) is 5.80. The molecule has 1 aliphatic rings. The molecule has 0 radical (unpaired) electrons. The van der Waals surface area contributed by atoms with Crippen molar-refractivity contribution in [2.45, 2.75) is 19.3 Å². The number of ether oxygens (including phenoxy) is 2. The number of nitro benzene ring substituents is 1. The van der Waals surface area contributed by atoms with Gasteiger partial charge < -0.3 is 14.8 Å². The predicted octanol–water partition coefficient (Wildman–Crippen LogP) is 2.25. The van der Waals surface area contributed by atoms with Gasteiger partial charge in [0.15, 0.2) is 0 Å². The Morgan fingerprint density at radius 1 is 1.15 bits per heavy atom. The predicted molar refractivity (Wildman–Crippen MR) is 94.2 cm³/mol. The molecule has 0 saturated carbocycles. The van der Waals surface area contributed by atoms with Crippen molar-refractivity contribution >= 4 is 11.7 Å². The smallest absolute Gasteiger partial charge is 0.336 e. The normalized spacial score (nSPS) is 16.8. The lowest BCUT2D eigenvalue weighted by Crippen LogP contribution is -2.32. The van der Waals surface area contributed by atoms with E-state index in [-0.39, 0.29) is 30.0 Å². The van der Waals surface area contributed by atoms with Crippen LogP contribution in [-0.2, 0) is 14.3 Å². The summed E-state index contributed by atoms with van der Waals surface area (Å²) < 4.78 is 9.81. The van der Waals surface area contributed by atoms with Crippen molar-refractivity contribution in [3.63, 3.8) is 0 Å². The number of carbonyl (C=O) groups excluding carboxylic acids is 1. The van der Waals surface area contributed by atoms with Gasteiger partial charge in [0, 0.05) is 31.4 Å². The number of non-ortho nitro benzene ring substituents is 1. The second-order valence-electron chi connectivity index (χ2n) is 5.80. The van der Waals surface area contributed by atoms with Gasteiger partial charge in [0.2, 0.25) is 0 Å². The van der Waals surface area contributed by atoms with Crippen molar-refractivity contribution in [2.75, 3.05) is 20.8 Å². The molecule has 1 atom stereocenters. The van der Waals surface area contributed by atoms with E-state index in [0.29, 0.717) is 17.0 Å². The van der Waals surface area contributed by atoms with Gasteiger partial charge in [0.1, 0.15) is 5.92 Å². The summed E-state index contributed by atoms with van der Waals surface area (Å²) in [5, 5.41) is 25.6. The van der Waals surface area contributed by atoms with Crippen LogP contribution < -0.4 is 5.32 Å². The fraction of sp³-hybridized carbons (Fsp3) is 0.353. The van der Waals surface area contributed by atoms with E-state index in [1.54, 1.807) is 6.92 Å². The van der Waals surface area contributed by atoms with Crippen LogP contribution in [0.1, 0.15) is 24.8 Å². The van der Waals surface area contributed by atoms with E-state index in [4.69, 9.17) is 9.47 Å². The molecule has 1 N–H and O–H groups in total. The quantitative estimate of drug-likeness (QED) is 0.434. The number of rotatable bonds is 7. The Bertz CT molecular complexity index is 827. The number of nitrogens with zero attached hydrogens (tertiary/aromatic N) is 2. The molecule has 1 aliphatic heterocycles. The summed E-state index contributed by atoms with van der Waals surface area (Å²) in [7, 11) is 2.66. The maximum Gasteiger partial charge on any atom is 0.336 e. The van der Waals surface area contributed by atoms with Crippen molar-refractivity contribution in [1.82, 2.24) is 5.32 Å². The first-order valence-electron chi connectivity index (χ1n) is 7.98. The van der Waals surface area contributed by atoms with Crippen LogP contribution in [-0.4, -0.2) is 36.6 Å². The minimum Gasteiger partial charge on any atom is -0.466 e. The molecule has 1 aromatic carbocycles. The molecule has 10 nitrogen and oxygen atoms in total. The Hall–Kier alpha value is -3.27. The van der Waals surface area contributed by atoms with E-state index in [1.807, 2.05) is 0 Å². The number of esters is 1. The first-order chi connectivity index (χ1) is 12.8. The van der Waals surface area contributed by atoms with Gasteiger partial charge in [-0.3, -0.25) is 20.2 Å². The molecular formula is C17H19N3O7. The summed E-state index contributed by atoms with van der Waals surface area (Å²) in [5.41, 5.74) is 0.825. The molecular weight excluding hydrogens is 358 g/mol. The summed E-state index contributed by atoms with van der Waals surface area (Å²) in [6.45, 7) is 1.86.